The minimum absolute atomic E-state index is 0.0293. The van der Waals surface area contributed by atoms with E-state index in [1.165, 1.54) is 135 Å². The highest BCUT2D eigenvalue weighted by Crippen LogP contribution is 2.38. The largest absolute Gasteiger partial charge is 0.756 e. The van der Waals surface area contributed by atoms with Crippen molar-refractivity contribution in [3.05, 3.63) is 12.2 Å². The Labute approximate surface area is 346 Å². The molecule has 0 aromatic carbocycles. The summed E-state index contributed by atoms with van der Waals surface area (Å²) in [4.78, 5) is 37.5. The maximum atomic E-state index is 12.7. The molecule has 10 heteroatoms. The minimum Gasteiger partial charge on any atom is -0.756 e. The Morgan fingerprint density at radius 3 is 1.34 bits per heavy atom. The molecule has 0 spiro atoms. The Hall–Kier alpha value is -1.25. The maximum Gasteiger partial charge on any atom is 0.306 e. The van der Waals surface area contributed by atoms with Crippen LogP contribution in [0.5, 0.6) is 0 Å². The van der Waals surface area contributed by atoms with E-state index in [4.69, 9.17) is 18.5 Å². The van der Waals surface area contributed by atoms with Crippen LogP contribution in [0.1, 0.15) is 219 Å². The van der Waals surface area contributed by atoms with E-state index in [2.05, 4.69) is 26.0 Å². The monoisotopic (exact) mass is 816 g/mol. The van der Waals surface area contributed by atoms with E-state index >= 15 is 0 Å². The molecule has 0 heterocycles. The van der Waals surface area contributed by atoms with Crippen LogP contribution in [0, 0.1) is 0 Å². The molecule has 0 rings (SSSR count). The van der Waals surface area contributed by atoms with Gasteiger partial charge in [-0.25, -0.2) is 0 Å². The summed E-state index contributed by atoms with van der Waals surface area (Å²) in [5.41, 5.74) is 0. The molecule has 2 atom stereocenters. The minimum atomic E-state index is -4.62. The summed E-state index contributed by atoms with van der Waals surface area (Å²) >= 11 is 0. The van der Waals surface area contributed by atoms with E-state index in [-0.39, 0.29) is 32.0 Å². The van der Waals surface area contributed by atoms with Crippen molar-refractivity contribution in [1.29, 1.82) is 0 Å². The molecule has 56 heavy (non-hydrogen) atoms. The molecule has 0 aromatic rings. The lowest BCUT2D eigenvalue weighted by Crippen LogP contribution is -2.37. The molecule has 0 aliphatic rings. The number of rotatable bonds is 43. The number of unbranched alkanes of at least 4 members (excludes halogenated alkanes) is 27. The molecule has 0 saturated carbocycles. The van der Waals surface area contributed by atoms with Gasteiger partial charge in [-0.1, -0.05) is 180 Å². The molecule has 1 unspecified atom stereocenters. The average Bonchev–Trinajstić information content (AvgIpc) is 3.15. The van der Waals surface area contributed by atoms with Gasteiger partial charge in [0.2, 0.25) is 0 Å². The zero-order chi connectivity index (χ0) is 41.4. The normalized spacial score (nSPS) is 13.6. The van der Waals surface area contributed by atoms with E-state index < -0.39 is 26.5 Å². The van der Waals surface area contributed by atoms with E-state index in [0.29, 0.717) is 17.4 Å². The fraction of sp³-hybridized carbons (Fsp3) is 0.913. The van der Waals surface area contributed by atoms with E-state index in [9.17, 15) is 19.0 Å². The molecule has 0 aromatic heterocycles. The first-order valence-corrected chi connectivity index (χ1v) is 24.9. The Morgan fingerprint density at radius 1 is 0.536 bits per heavy atom. The van der Waals surface area contributed by atoms with Gasteiger partial charge < -0.3 is 27.9 Å². The molecule has 0 aliphatic carbocycles. The number of carbonyl (C=O) groups is 2. The zero-order valence-electron chi connectivity index (χ0n) is 37.3. The van der Waals surface area contributed by atoms with Crippen LogP contribution in [0.4, 0.5) is 0 Å². The van der Waals surface area contributed by atoms with Gasteiger partial charge in [-0.05, 0) is 38.5 Å². The maximum absolute atomic E-state index is 12.7. The van der Waals surface area contributed by atoms with Crippen molar-refractivity contribution in [3.63, 3.8) is 0 Å². The van der Waals surface area contributed by atoms with Crippen LogP contribution in [-0.2, 0) is 32.7 Å². The lowest BCUT2D eigenvalue weighted by Gasteiger charge is -2.28. The fourth-order valence-corrected chi connectivity index (χ4v) is 7.32. The van der Waals surface area contributed by atoms with Crippen molar-refractivity contribution in [1.82, 2.24) is 0 Å². The van der Waals surface area contributed by atoms with E-state index in [1.807, 2.05) is 21.1 Å². The summed E-state index contributed by atoms with van der Waals surface area (Å²) < 4.78 is 33.9. The molecule has 332 valence electrons. The van der Waals surface area contributed by atoms with Crippen LogP contribution < -0.4 is 4.89 Å². The van der Waals surface area contributed by atoms with Crippen molar-refractivity contribution < 1.29 is 42.1 Å². The SMILES string of the molecule is CCCCCC/C=C/CCCCCCCC(=O)O[C@@H](COC(=O)CCCCCCCCCCCCCCCCCCCCC)COP(=O)([O-])OCC[N+](C)(C)C. The summed E-state index contributed by atoms with van der Waals surface area (Å²) in [6.45, 7) is 4.23. The second-order valence-corrected chi connectivity index (χ2v) is 18.5. The standard InChI is InChI=1S/C46H90NO8P/c1-6-8-10-12-14-16-18-20-21-22-23-24-25-27-28-30-32-34-36-38-45(48)52-42-44(43-54-56(50,51)53-41-40-47(3,4)5)55-46(49)39-37-35-33-31-29-26-19-17-15-13-11-9-7-2/h17,19,44H,6-16,18,20-43H2,1-5H3/b19-17+/t44-/m0/s1. The predicted molar refractivity (Wildman–Crippen MR) is 231 cm³/mol. The van der Waals surface area contributed by atoms with Crippen LogP contribution in [-0.4, -0.2) is 70.0 Å². The Morgan fingerprint density at radius 2 is 0.911 bits per heavy atom. The average molecular weight is 816 g/mol. The topological polar surface area (TPSA) is 111 Å². The van der Waals surface area contributed by atoms with Gasteiger partial charge in [0.25, 0.3) is 7.82 Å². The third kappa shape index (κ3) is 42.4. The summed E-state index contributed by atoms with van der Waals surface area (Å²) in [7, 11) is 1.17. The highest BCUT2D eigenvalue weighted by molar-refractivity contribution is 7.45. The number of hydrogen-bond donors (Lipinski definition) is 0. The summed E-state index contributed by atoms with van der Waals surface area (Å²) in [5.74, 6) is -0.833. The number of ether oxygens (including phenoxy) is 2. The number of carbonyl (C=O) groups excluding carboxylic acids is 2. The molecule has 0 bridgehead atoms. The number of nitrogens with zero attached hydrogens (tertiary/aromatic N) is 1. The highest BCUT2D eigenvalue weighted by Gasteiger charge is 2.21. The molecule has 0 N–H and O–H groups in total. The van der Waals surface area contributed by atoms with Crippen LogP contribution in [0.25, 0.3) is 0 Å². The number of esters is 2. The zero-order valence-corrected chi connectivity index (χ0v) is 38.2. The van der Waals surface area contributed by atoms with Gasteiger partial charge in [-0.15, -0.1) is 0 Å². The highest BCUT2D eigenvalue weighted by atomic mass is 31.2. The predicted octanol–water partition coefficient (Wildman–Crippen LogP) is 12.7. The van der Waals surface area contributed by atoms with Crippen molar-refractivity contribution in [2.45, 2.75) is 225 Å². The number of phosphoric ester groups is 1. The molecular weight excluding hydrogens is 725 g/mol. The van der Waals surface area contributed by atoms with Crippen molar-refractivity contribution in [3.8, 4) is 0 Å². The third-order valence-corrected chi connectivity index (χ3v) is 11.2. The smallest absolute Gasteiger partial charge is 0.306 e. The second kappa shape index (κ2) is 39.2. The van der Waals surface area contributed by atoms with Gasteiger partial charge >= 0.3 is 11.9 Å². The summed E-state index contributed by atoms with van der Waals surface area (Å²) in [6, 6.07) is 0. The number of quaternary nitrogens is 1. The van der Waals surface area contributed by atoms with Gasteiger partial charge in [0.15, 0.2) is 6.10 Å². The first-order chi connectivity index (χ1) is 27.0. The van der Waals surface area contributed by atoms with Crippen LogP contribution >= 0.6 is 7.82 Å². The lowest BCUT2D eigenvalue weighted by molar-refractivity contribution is -0.870. The van der Waals surface area contributed by atoms with E-state index in [0.717, 1.165) is 51.4 Å². The number of likely N-dealkylation sites (N-methyl/N-ethyl adjacent to an activating group) is 1. The second-order valence-electron chi connectivity index (χ2n) is 17.1. The van der Waals surface area contributed by atoms with Gasteiger partial charge in [-0.2, -0.15) is 0 Å². The van der Waals surface area contributed by atoms with E-state index in [1.54, 1.807) is 0 Å². The molecule has 9 nitrogen and oxygen atoms in total. The van der Waals surface area contributed by atoms with Crippen molar-refractivity contribution in [2.24, 2.45) is 0 Å². The van der Waals surface area contributed by atoms with Gasteiger partial charge in [0.1, 0.15) is 19.8 Å². The van der Waals surface area contributed by atoms with Gasteiger partial charge in [0.05, 0.1) is 27.7 Å². The first-order valence-electron chi connectivity index (χ1n) is 23.4. The quantitative estimate of drug-likeness (QED) is 0.0197. The summed E-state index contributed by atoms with van der Waals surface area (Å²) in [5, 5.41) is 0. The van der Waals surface area contributed by atoms with Crippen LogP contribution in [0.3, 0.4) is 0 Å². The Balaban J connectivity index is 4.25. The molecular formula is C46H90NO8P. The molecule has 0 amide bonds. The molecule has 0 radical (unpaired) electrons. The van der Waals surface area contributed by atoms with Crippen LogP contribution in [0.2, 0.25) is 0 Å². The lowest BCUT2D eigenvalue weighted by atomic mass is 10.0. The Bertz CT molecular complexity index is 969. The van der Waals surface area contributed by atoms with Crippen molar-refractivity contribution >= 4 is 19.8 Å². The van der Waals surface area contributed by atoms with Gasteiger partial charge in [-0.3, -0.25) is 14.2 Å². The molecule has 0 aliphatic heterocycles. The Kier molecular flexibility index (Phi) is 38.3. The number of phosphoric acid groups is 1. The fourth-order valence-electron chi connectivity index (χ4n) is 6.59. The number of allylic oxidation sites excluding steroid dienone is 2. The third-order valence-electron chi connectivity index (χ3n) is 10.3. The first kappa shape index (κ1) is 54.8. The van der Waals surface area contributed by atoms with Crippen molar-refractivity contribution in [2.75, 3.05) is 47.5 Å². The molecule has 0 saturated heterocycles. The molecule has 0 fully saturated rings. The number of hydrogen-bond acceptors (Lipinski definition) is 8. The van der Waals surface area contributed by atoms with Gasteiger partial charge in [0, 0.05) is 12.8 Å². The van der Waals surface area contributed by atoms with Crippen LogP contribution in [0.15, 0.2) is 12.2 Å². The summed E-state index contributed by atoms with van der Waals surface area (Å²) in [6.07, 6.45) is 40.9.